The van der Waals surface area contributed by atoms with Crippen molar-refractivity contribution in [3.63, 3.8) is 0 Å². The van der Waals surface area contributed by atoms with Crippen molar-refractivity contribution in [2.75, 3.05) is 18.6 Å². The molecule has 1 heterocycles. The fraction of sp³-hybridized carbons (Fsp3) is 0.160. The van der Waals surface area contributed by atoms with Gasteiger partial charge in [-0.05, 0) is 0 Å². The monoisotopic (exact) mass is 465 g/mol. The van der Waals surface area contributed by atoms with E-state index in [9.17, 15) is 4.79 Å². The van der Waals surface area contributed by atoms with Crippen LogP contribution >= 0.6 is 0 Å². The Morgan fingerprint density at radius 3 is 2.23 bits per heavy atom. The van der Waals surface area contributed by atoms with E-state index in [4.69, 9.17) is 9.47 Å². The van der Waals surface area contributed by atoms with E-state index in [0.717, 1.165) is 21.5 Å². The molecule has 152 valence electrons. The van der Waals surface area contributed by atoms with Crippen LogP contribution in [0.15, 0.2) is 97.6 Å². The minimum absolute atomic E-state index is 0.0211. The van der Waals surface area contributed by atoms with Gasteiger partial charge in [0.2, 0.25) is 0 Å². The first-order valence-corrected chi connectivity index (χ1v) is 11.4. The number of carbonyl (C=O) groups is 1. The van der Waals surface area contributed by atoms with Crippen LogP contribution in [0.25, 0.3) is 0 Å². The molecule has 2 atom stereocenters. The van der Waals surface area contributed by atoms with E-state index in [1.165, 1.54) is 0 Å². The van der Waals surface area contributed by atoms with Gasteiger partial charge >= 0.3 is 183 Å². The molecule has 0 N–H and O–H groups in total. The Labute approximate surface area is 183 Å². The molecule has 0 radical (unpaired) electrons. The third kappa shape index (κ3) is 3.68. The molecular formula is C25H23NO3Se. The molecule has 0 spiro atoms. The van der Waals surface area contributed by atoms with Crippen molar-refractivity contribution in [2.45, 2.75) is 10.5 Å². The van der Waals surface area contributed by atoms with Gasteiger partial charge in [-0.2, -0.15) is 0 Å². The third-order valence-electron chi connectivity index (χ3n) is 5.03. The van der Waals surface area contributed by atoms with Gasteiger partial charge in [0.1, 0.15) is 0 Å². The summed E-state index contributed by atoms with van der Waals surface area (Å²) in [5.74, 6) is 0.734. The molecule has 1 saturated heterocycles. The molecular weight excluding hydrogens is 441 g/mol. The standard InChI is InChI=1S/C25H23NO3Se/c1-3-18-29-25(30-22-12-8-5-9-13-22)23(19-10-6-4-7-11-19)26(24(25)27)20-14-16-21(28-2)17-15-20/h3-17,23H,1,18H2,2H3/t23-,25+/m1/s1. The predicted molar refractivity (Wildman–Crippen MR) is 120 cm³/mol. The van der Waals surface area contributed by atoms with Crippen LogP contribution < -0.4 is 14.1 Å². The second-order valence-corrected chi connectivity index (χ2v) is 9.56. The zero-order chi connectivity index (χ0) is 21.0. The molecule has 0 bridgehead atoms. The Kier molecular flexibility index (Phi) is 6.05. The van der Waals surface area contributed by atoms with Crippen molar-refractivity contribution in [3.05, 3.63) is 103 Å². The van der Waals surface area contributed by atoms with Crippen molar-refractivity contribution < 1.29 is 14.3 Å². The number of methoxy groups -OCH3 is 1. The summed E-state index contributed by atoms with van der Waals surface area (Å²) in [4.78, 5) is 15.5. The second kappa shape index (κ2) is 8.88. The molecule has 0 unspecified atom stereocenters. The molecule has 1 aliphatic rings. The fourth-order valence-electron chi connectivity index (χ4n) is 3.63. The number of amides is 1. The van der Waals surface area contributed by atoms with Gasteiger partial charge in [-0.25, -0.2) is 0 Å². The van der Waals surface area contributed by atoms with Crippen molar-refractivity contribution >= 4 is 31.0 Å². The Balaban J connectivity index is 1.78. The number of β-lactam (4-membered cyclic amide) rings is 1. The number of rotatable bonds is 8. The summed E-state index contributed by atoms with van der Waals surface area (Å²) in [6.07, 6.45) is 1.70. The maximum atomic E-state index is 13.7. The molecule has 1 amide bonds. The third-order valence-corrected chi connectivity index (χ3v) is 7.81. The zero-order valence-corrected chi connectivity index (χ0v) is 18.4. The van der Waals surface area contributed by atoms with Crippen molar-refractivity contribution in [1.29, 1.82) is 0 Å². The summed E-state index contributed by atoms with van der Waals surface area (Å²) >= 11 is -0.224. The molecule has 3 aromatic rings. The summed E-state index contributed by atoms with van der Waals surface area (Å²) in [6.45, 7) is 4.11. The first-order valence-electron chi connectivity index (χ1n) is 9.71. The van der Waals surface area contributed by atoms with Crippen molar-refractivity contribution in [2.24, 2.45) is 0 Å². The van der Waals surface area contributed by atoms with Gasteiger partial charge in [0.15, 0.2) is 0 Å². The SMILES string of the molecule is C=CCO[C@@]1([Se]c2ccccc2)C(=O)N(c2ccc(OC)cc2)[C@@H]1c1ccccc1. The second-order valence-electron chi connectivity index (χ2n) is 6.87. The summed E-state index contributed by atoms with van der Waals surface area (Å²) < 4.78 is 11.8. The molecule has 0 aromatic heterocycles. The normalized spacial score (nSPS) is 20.5. The number of nitrogens with zero attached hydrogens (tertiary/aromatic N) is 1. The van der Waals surface area contributed by atoms with Gasteiger partial charge in [0, 0.05) is 0 Å². The Morgan fingerprint density at radius 2 is 1.63 bits per heavy atom. The molecule has 1 aliphatic heterocycles. The average Bonchev–Trinajstić information content (AvgIpc) is 2.81. The van der Waals surface area contributed by atoms with Crippen LogP contribution in [0.3, 0.4) is 0 Å². The maximum absolute atomic E-state index is 13.7. The van der Waals surface area contributed by atoms with Gasteiger partial charge in [-0.15, -0.1) is 0 Å². The molecule has 30 heavy (non-hydrogen) atoms. The van der Waals surface area contributed by atoms with Crippen LogP contribution in [0.1, 0.15) is 11.6 Å². The number of benzene rings is 3. The molecule has 1 fully saturated rings. The molecule has 3 aromatic carbocycles. The fourth-order valence-corrected chi connectivity index (χ4v) is 6.38. The Bertz CT molecular complexity index is 1010. The first kappa shape index (κ1) is 20.4. The van der Waals surface area contributed by atoms with Crippen LogP contribution in [0.5, 0.6) is 5.75 Å². The van der Waals surface area contributed by atoms with Crippen molar-refractivity contribution in [3.8, 4) is 5.75 Å². The van der Waals surface area contributed by atoms with E-state index in [2.05, 4.69) is 30.8 Å². The van der Waals surface area contributed by atoms with Crippen LogP contribution in [0, 0.1) is 0 Å². The van der Waals surface area contributed by atoms with E-state index < -0.39 is 4.50 Å². The van der Waals surface area contributed by atoms with Crippen LogP contribution in [-0.2, 0) is 9.53 Å². The van der Waals surface area contributed by atoms with Gasteiger partial charge in [0.25, 0.3) is 0 Å². The molecule has 5 heteroatoms. The average molecular weight is 464 g/mol. The molecule has 4 rings (SSSR count). The van der Waals surface area contributed by atoms with Crippen LogP contribution in [0.2, 0.25) is 0 Å². The van der Waals surface area contributed by atoms with E-state index in [1.54, 1.807) is 13.2 Å². The number of hydrogen-bond acceptors (Lipinski definition) is 3. The zero-order valence-electron chi connectivity index (χ0n) is 16.7. The van der Waals surface area contributed by atoms with E-state index >= 15 is 0 Å². The Hall–Kier alpha value is -2.85. The molecule has 0 saturated carbocycles. The topological polar surface area (TPSA) is 38.8 Å². The van der Waals surface area contributed by atoms with E-state index in [1.807, 2.05) is 65.6 Å². The minimum atomic E-state index is -0.927. The van der Waals surface area contributed by atoms with Gasteiger partial charge < -0.3 is 0 Å². The van der Waals surface area contributed by atoms with Gasteiger partial charge in [-0.1, -0.05) is 0 Å². The quantitative estimate of drug-likeness (QED) is 0.290. The van der Waals surface area contributed by atoms with E-state index in [-0.39, 0.29) is 26.9 Å². The number of ether oxygens (including phenoxy) is 2. The van der Waals surface area contributed by atoms with Crippen LogP contribution in [0.4, 0.5) is 5.69 Å². The summed E-state index contributed by atoms with van der Waals surface area (Å²) in [5.41, 5.74) is 1.88. The number of hydrogen-bond donors (Lipinski definition) is 0. The summed E-state index contributed by atoms with van der Waals surface area (Å²) in [5, 5.41) is 0. The predicted octanol–water partition coefficient (Wildman–Crippen LogP) is 3.71. The number of carbonyl (C=O) groups excluding carboxylic acids is 1. The van der Waals surface area contributed by atoms with Crippen molar-refractivity contribution in [1.82, 2.24) is 0 Å². The van der Waals surface area contributed by atoms with E-state index in [0.29, 0.717) is 6.61 Å². The number of anilines is 1. The summed E-state index contributed by atoms with van der Waals surface area (Å²) in [7, 11) is 1.63. The van der Waals surface area contributed by atoms with Gasteiger partial charge in [-0.3, -0.25) is 0 Å². The summed E-state index contributed by atoms with van der Waals surface area (Å²) in [6, 6.07) is 27.6. The molecule has 4 nitrogen and oxygen atoms in total. The van der Waals surface area contributed by atoms with Crippen LogP contribution in [-0.4, -0.2) is 39.1 Å². The van der Waals surface area contributed by atoms with Gasteiger partial charge in [0.05, 0.1) is 0 Å². The Morgan fingerprint density at radius 1 is 1.00 bits per heavy atom. The first-order chi connectivity index (χ1) is 14.7. The molecule has 0 aliphatic carbocycles.